The minimum absolute atomic E-state index is 0.0186. The van der Waals surface area contributed by atoms with Gasteiger partial charge in [-0.2, -0.15) is 0 Å². The highest BCUT2D eigenvalue weighted by Gasteiger charge is 2.35. The van der Waals surface area contributed by atoms with Crippen LogP contribution in [0.5, 0.6) is 0 Å². The van der Waals surface area contributed by atoms with E-state index in [0.29, 0.717) is 20.8 Å². The SMILES string of the molecule is O=C(CCSSc1ccccn1)ON1C(=O)CCC1=O.O=C(CN1C(=O)C=CC1=O)ON1C(=O)CCC1=O.O=C1C=CC(=O)N1CCN1C(=O)C=CC1=O. The molecular formula is C32H28N6O14S2. The molecule has 0 unspecified atom stereocenters. The lowest BCUT2D eigenvalue weighted by molar-refractivity contribution is -0.198. The van der Waals surface area contributed by atoms with Gasteiger partial charge in [-0.25, -0.2) is 14.6 Å². The molecule has 6 rings (SSSR count). The number of amides is 10. The fourth-order valence-electron chi connectivity index (χ4n) is 4.44. The second kappa shape index (κ2) is 19.0. The minimum atomic E-state index is -1.02. The van der Waals surface area contributed by atoms with Crippen molar-refractivity contribution in [3.63, 3.8) is 0 Å². The van der Waals surface area contributed by atoms with E-state index in [-0.39, 0.29) is 45.2 Å². The van der Waals surface area contributed by atoms with Crippen LogP contribution in [0, 0.1) is 0 Å². The van der Waals surface area contributed by atoms with Crippen LogP contribution in [0.15, 0.2) is 65.9 Å². The van der Waals surface area contributed by atoms with Gasteiger partial charge in [-0.05, 0) is 22.9 Å². The third-order valence-corrected chi connectivity index (χ3v) is 9.37. The Labute approximate surface area is 312 Å². The highest BCUT2D eigenvalue weighted by Crippen LogP contribution is 2.29. The third kappa shape index (κ3) is 11.1. The lowest BCUT2D eigenvalue weighted by Crippen LogP contribution is -2.40. The van der Waals surface area contributed by atoms with Crippen molar-refractivity contribution in [3.05, 3.63) is 60.9 Å². The summed E-state index contributed by atoms with van der Waals surface area (Å²) >= 11 is 0. The van der Waals surface area contributed by atoms with Crippen molar-refractivity contribution in [2.24, 2.45) is 0 Å². The molecule has 5 aliphatic heterocycles. The maximum absolute atomic E-state index is 11.5. The first-order valence-electron chi connectivity index (χ1n) is 15.7. The van der Waals surface area contributed by atoms with E-state index >= 15 is 0 Å². The van der Waals surface area contributed by atoms with E-state index in [1.807, 2.05) is 18.2 Å². The number of aromatic nitrogens is 1. The Morgan fingerprint density at radius 1 is 0.574 bits per heavy atom. The number of hydrogen-bond acceptors (Lipinski definition) is 17. The Morgan fingerprint density at radius 3 is 1.39 bits per heavy atom. The quantitative estimate of drug-likeness (QED) is 0.142. The highest BCUT2D eigenvalue weighted by molar-refractivity contribution is 8.76. The molecule has 20 nitrogen and oxygen atoms in total. The van der Waals surface area contributed by atoms with Gasteiger partial charge in [0.15, 0.2) is 0 Å². The molecule has 0 aromatic carbocycles. The van der Waals surface area contributed by atoms with Gasteiger partial charge >= 0.3 is 11.9 Å². The van der Waals surface area contributed by atoms with E-state index in [0.717, 1.165) is 51.3 Å². The van der Waals surface area contributed by atoms with Gasteiger partial charge in [-0.15, -0.1) is 10.1 Å². The van der Waals surface area contributed by atoms with Crippen LogP contribution in [0.3, 0.4) is 0 Å². The Morgan fingerprint density at radius 2 is 0.981 bits per heavy atom. The molecule has 0 bridgehead atoms. The largest absolute Gasteiger partial charge is 0.352 e. The van der Waals surface area contributed by atoms with Gasteiger partial charge in [0.05, 0.1) is 6.42 Å². The maximum Gasteiger partial charge on any atom is 0.352 e. The molecular weight excluding hydrogens is 757 g/mol. The van der Waals surface area contributed by atoms with Gasteiger partial charge < -0.3 is 9.68 Å². The fraction of sp³-hybridized carbons (Fsp3) is 0.281. The summed E-state index contributed by atoms with van der Waals surface area (Å²) in [4.78, 5) is 151. The number of rotatable bonds is 12. The molecule has 0 spiro atoms. The summed E-state index contributed by atoms with van der Waals surface area (Å²) in [6.07, 6.45) is 8.68. The minimum Gasteiger partial charge on any atom is -0.330 e. The van der Waals surface area contributed by atoms with Gasteiger partial charge in [0.25, 0.3) is 59.1 Å². The van der Waals surface area contributed by atoms with Crippen molar-refractivity contribution >= 4 is 92.6 Å². The van der Waals surface area contributed by atoms with Crippen molar-refractivity contribution < 1.29 is 67.2 Å². The molecule has 6 heterocycles. The van der Waals surface area contributed by atoms with Gasteiger partial charge in [-0.1, -0.05) is 16.9 Å². The van der Waals surface area contributed by atoms with Crippen molar-refractivity contribution in [2.45, 2.75) is 37.1 Å². The molecule has 1 aromatic heterocycles. The normalized spacial score (nSPS) is 17.6. The maximum atomic E-state index is 11.5. The number of carbonyl (C=O) groups excluding carboxylic acids is 12. The molecule has 10 amide bonds. The molecule has 5 aliphatic rings. The lowest BCUT2D eigenvalue weighted by atomic mass is 10.4. The zero-order chi connectivity index (χ0) is 39.4. The van der Waals surface area contributed by atoms with Crippen molar-refractivity contribution in [1.82, 2.24) is 29.8 Å². The second-order valence-electron chi connectivity index (χ2n) is 10.8. The highest BCUT2D eigenvalue weighted by atomic mass is 33.1. The van der Waals surface area contributed by atoms with Gasteiger partial charge in [0.2, 0.25) is 0 Å². The predicted octanol–water partition coefficient (Wildman–Crippen LogP) is -0.826. The smallest absolute Gasteiger partial charge is 0.330 e. The summed E-state index contributed by atoms with van der Waals surface area (Å²) in [5.74, 6) is -6.22. The van der Waals surface area contributed by atoms with E-state index in [1.54, 1.807) is 6.20 Å². The molecule has 1 aromatic rings. The van der Waals surface area contributed by atoms with Crippen LogP contribution >= 0.6 is 21.6 Å². The van der Waals surface area contributed by atoms with Crippen molar-refractivity contribution in [1.29, 1.82) is 0 Å². The van der Waals surface area contributed by atoms with Crippen molar-refractivity contribution in [2.75, 3.05) is 25.4 Å². The molecule has 2 fully saturated rings. The predicted molar refractivity (Wildman–Crippen MR) is 179 cm³/mol. The number of hydroxylamine groups is 4. The number of nitrogens with zero attached hydrogens (tertiary/aromatic N) is 6. The van der Waals surface area contributed by atoms with Crippen LogP contribution in [-0.4, -0.2) is 126 Å². The van der Waals surface area contributed by atoms with Crippen LogP contribution in [-0.2, 0) is 67.2 Å². The molecule has 22 heteroatoms. The number of pyridine rings is 1. The van der Waals surface area contributed by atoms with E-state index in [2.05, 4.69) is 9.82 Å². The number of carbonyl (C=O) groups is 12. The Bertz CT molecular complexity index is 1750. The first-order chi connectivity index (χ1) is 25.7. The van der Waals surface area contributed by atoms with Crippen molar-refractivity contribution in [3.8, 4) is 0 Å². The summed E-state index contributed by atoms with van der Waals surface area (Å²) in [6, 6.07) is 5.59. The summed E-state index contributed by atoms with van der Waals surface area (Å²) in [5.41, 5.74) is 0. The van der Waals surface area contributed by atoms with E-state index in [4.69, 9.17) is 4.84 Å². The first-order valence-corrected chi connectivity index (χ1v) is 18.0. The summed E-state index contributed by atoms with van der Waals surface area (Å²) in [7, 11) is 2.92. The molecule has 0 aliphatic carbocycles. The van der Waals surface area contributed by atoms with Crippen LogP contribution < -0.4 is 0 Å². The topological polar surface area (TPSA) is 252 Å². The summed E-state index contributed by atoms with van der Waals surface area (Å²) in [6.45, 7) is -0.574. The molecule has 54 heavy (non-hydrogen) atoms. The molecule has 2 saturated heterocycles. The lowest BCUT2D eigenvalue weighted by Gasteiger charge is -2.18. The first kappa shape index (κ1) is 40.5. The van der Waals surface area contributed by atoms with Crippen LogP contribution in [0.4, 0.5) is 0 Å². The Balaban J connectivity index is 0.000000182. The van der Waals surface area contributed by atoms with Crippen LogP contribution in [0.1, 0.15) is 32.1 Å². The third-order valence-electron chi connectivity index (χ3n) is 7.11. The van der Waals surface area contributed by atoms with Gasteiger partial charge in [0, 0.05) is 87.2 Å². The molecule has 0 saturated carbocycles. The summed E-state index contributed by atoms with van der Waals surface area (Å²) < 4.78 is 0. The average Bonchev–Trinajstić information content (AvgIpc) is 3.93. The molecule has 0 radical (unpaired) electrons. The zero-order valence-corrected chi connectivity index (χ0v) is 29.5. The van der Waals surface area contributed by atoms with Gasteiger partial charge in [-0.3, -0.25) is 62.6 Å². The van der Waals surface area contributed by atoms with Crippen LogP contribution in [0.2, 0.25) is 0 Å². The number of imide groups is 5. The average molecular weight is 785 g/mol. The standard InChI is InChI=1S/C12H12N2O4S2.C10H8N2O6.C10H8N2O4/c15-10-4-5-11(16)14(10)18-12(17)6-8-19-20-9-3-1-2-7-13-9;13-6-1-2-7(14)11(6)5-10(17)18-12-8(15)3-4-9(12)16;13-7-1-2-8(14)11(7)5-6-12-9(15)3-4-10(12)16/h1-3,7H,4-6,8H2;1-2H,3-5H2;1-4H,5-6H2. The Hall–Kier alpha value is -6.29. The molecule has 0 N–H and O–H groups in total. The van der Waals surface area contributed by atoms with E-state index < -0.39 is 77.6 Å². The van der Waals surface area contributed by atoms with E-state index in [9.17, 15) is 57.5 Å². The Kier molecular flexibility index (Phi) is 14.2. The van der Waals surface area contributed by atoms with Crippen LogP contribution in [0.25, 0.3) is 0 Å². The second-order valence-corrected chi connectivity index (χ2v) is 13.3. The molecule has 0 atom stereocenters. The monoisotopic (exact) mass is 784 g/mol. The van der Waals surface area contributed by atoms with Gasteiger partial charge in [0.1, 0.15) is 11.6 Å². The molecule has 282 valence electrons. The number of hydrogen-bond donors (Lipinski definition) is 0. The fourth-order valence-corrected chi connectivity index (χ4v) is 6.29. The zero-order valence-electron chi connectivity index (χ0n) is 27.9. The van der Waals surface area contributed by atoms with E-state index in [1.165, 1.54) is 21.6 Å². The summed E-state index contributed by atoms with van der Waals surface area (Å²) in [5, 5.41) is 1.79.